The first kappa shape index (κ1) is 29.0. The normalized spacial score (nSPS) is 12.9. The number of aromatic nitrogens is 2. The molecule has 2 aromatic carbocycles. The van der Waals surface area contributed by atoms with E-state index in [0.717, 1.165) is 5.56 Å². The van der Waals surface area contributed by atoms with Crippen molar-refractivity contribution in [3.05, 3.63) is 82.9 Å². The van der Waals surface area contributed by atoms with E-state index in [1.54, 1.807) is 16.8 Å². The molecule has 9 nitrogen and oxygen atoms in total. The van der Waals surface area contributed by atoms with Crippen molar-refractivity contribution in [3.8, 4) is 5.69 Å². The summed E-state index contributed by atoms with van der Waals surface area (Å²) in [6.07, 6.45) is -2.26. The lowest BCUT2D eigenvalue weighted by Gasteiger charge is -2.20. The van der Waals surface area contributed by atoms with Crippen LogP contribution in [0.3, 0.4) is 0 Å². The van der Waals surface area contributed by atoms with E-state index in [0.29, 0.717) is 16.9 Å². The zero-order valence-corrected chi connectivity index (χ0v) is 21.7. The highest BCUT2D eigenvalue weighted by Crippen LogP contribution is 2.29. The molecule has 10 heteroatoms. The van der Waals surface area contributed by atoms with Crippen LogP contribution in [0, 0.1) is 5.82 Å². The van der Waals surface area contributed by atoms with Gasteiger partial charge in [0.05, 0.1) is 38.0 Å². The molecule has 2 atom stereocenters. The molecule has 0 saturated heterocycles. The maximum Gasteiger partial charge on any atom is 0.305 e. The molecule has 204 valence electrons. The number of hydroxylamine groups is 2. The predicted molar refractivity (Wildman–Crippen MR) is 138 cm³/mol. The second-order valence-corrected chi connectivity index (χ2v) is 9.44. The summed E-state index contributed by atoms with van der Waals surface area (Å²) >= 11 is 0. The monoisotopic (exact) mass is 527 g/mol. The number of hydrogen-bond donors (Lipinski definition) is 3. The van der Waals surface area contributed by atoms with Gasteiger partial charge >= 0.3 is 5.97 Å². The minimum Gasteiger partial charge on any atom is -0.481 e. The summed E-state index contributed by atoms with van der Waals surface area (Å²) in [5.74, 6) is -2.15. The van der Waals surface area contributed by atoms with Crippen LogP contribution >= 0.6 is 0 Å². The number of halogens is 1. The second-order valence-electron chi connectivity index (χ2n) is 9.44. The fourth-order valence-corrected chi connectivity index (χ4v) is 4.37. The number of benzene rings is 2. The molecule has 0 aliphatic carbocycles. The predicted octanol–water partition coefficient (Wildman–Crippen LogP) is 3.86. The average molecular weight is 528 g/mol. The van der Waals surface area contributed by atoms with Crippen molar-refractivity contribution in [1.82, 2.24) is 14.8 Å². The first-order chi connectivity index (χ1) is 18.1. The van der Waals surface area contributed by atoms with Crippen LogP contribution < -0.4 is 0 Å². The Hall–Kier alpha value is -3.60. The summed E-state index contributed by atoms with van der Waals surface area (Å²) in [5, 5.41) is 35.1. The van der Waals surface area contributed by atoms with E-state index in [1.807, 2.05) is 44.2 Å². The Balaban J connectivity index is 1.98. The first-order valence-electron chi connectivity index (χ1n) is 12.5. The van der Waals surface area contributed by atoms with Crippen LogP contribution in [0.15, 0.2) is 54.6 Å². The standard InChI is InChI=1S/C28H34FN3O6/c1-18(2)26-24(14-13-22(33)15-23(34)16-25(35)36)32(21-11-9-20(29)10-12-21)30-27(26)28(37)31(38-3)17-19-7-5-4-6-8-19/h4-12,18,22-23,33-34H,13-17H2,1-3H3,(H,35,36). The molecule has 3 aromatic rings. The van der Waals surface area contributed by atoms with Crippen molar-refractivity contribution in [3.63, 3.8) is 0 Å². The van der Waals surface area contributed by atoms with Gasteiger partial charge in [-0.05, 0) is 55.0 Å². The molecule has 38 heavy (non-hydrogen) atoms. The van der Waals surface area contributed by atoms with Crippen LogP contribution in [0.25, 0.3) is 5.69 Å². The smallest absolute Gasteiger partial charge is 0.305 e. The van der Waals surface area contributed by atoms with Crippen molar-refractivity contribution < 1.29 is 34.1 Å². The third-order valence-corrected chi connectivity index (χ3v) is 6.16. The fourth-order valence-electron chi connectivity index (χ4n) is 4.37. The highest BCUT2D eigenvalue weighted by Gasteiger charge is 2.29. The molecule has 0 aliphatic rings. The second kappa shape index (κ2) is 13.3. The number of rotatable bonds is 13. The number of carboxylic acid groups (broad SMARTS) is 1. The molecule has 0 fully saturated rings. The number of nitrogens with zero attached hydrogens (tertiary/aromatic N) is 3. The van der Waals surface area contributed by atoms with Gasteiger partial charge in [-0.2, -0.15) is 5.10 Å². The number of aliphatic hydroxyl groups is 2. The van der Waals surface area contributed by atoms with E-state index < -0.39 is 36.3 Å². The maximum absolute atomic E-state index is 13.7. The number of aliphatic carboxylic acids is 1. The first-order valence-corrected chi connectivity index (χ1v) is 12.5. The Labute approximate surface area is 221 Å². The Morgan fingerprint density at radius 1 is 1.05 bits per heavy atom. The molecule has 2 unspecified atom stereocenters. The largest absolute Gasteiger partial charge is 0.481 e. The molecule has 0 saturated carbocycles. The van der Waals surface area contributed by atoms with Crippen molar-refractivity contribution in [2.75, 3.05) is 7.11 Å². The van der Waals surface area contributed by atoms with Gasteiger partial charge in [0, 0.05) is 11.3 Å². The van der Waals surface area contributed by atoms with Crippen LogP contribution in [0.1, 0.15) is 66.3 Å². The zero-order chi connectivity index (χ0) is 27.8. The number of amides is 1. The van der Waals surface area contributed by atoms with E-state index >= 15 is 0 Å². The number of carbonyl (C=O) groups is 2. The lowest BCUT2D eigenvalue weighted by molar-refractivity contribution is -0.139. The van der Waals surface area contributed by atoms with Crippen molar-refractivity contribution in [2.45, 2.75) is 64.2 Å². The van der Waals surface area contributed by atoms with Gasteiger partial charge in [-0.1, -0.05) is 44.2 Å². The summed E-state index contributed by atoms with van der Waals surface area (Å²) in [7, 11) is 1.41. The average Bonchev–Trinajstić information content (AvgIpc) is 3.26. The quantitative estimate of drug-likeness (QED) is 0.288. The van der Waals surface area contributed by atoms with E-state index in [9.17, 15) is 24.2 Å². The highest BCUT2D eigenvalue weighted by molar-refractivity contribution is 5.93. The van der Waals surface area contributed by atoms with Crippen LogP contribution in [0.5, 0.6) is 0 Å². The van der Waals surface area contributed by atoms with Gasteiger partial charge in [-0.25, -0.2) is 14.1 Å². The SMILES string of the molecule is CON(Cc1ccccc1)C(=O)c1nn(-c2ccc(F)cc2)c(CCC(O)CC(O)CC(=O)O)c1C(C)C. The van der Waals surface area contributed by atoms with Crippen LogP contribution in [-0.2, 0) is 22.6 Å². The summed E-state index contributed by atoms with van der Waals surface area (Å²) in [4.78, 5) is 29.9. The molecule has 1 heterocycles. The summed E-state index contributed by atoms with van der Waals surface area (Å²) in [5.41, 5.74) is 2.90. The molecule has 3 rings (SSSR count). The van der Waals surface area contributed by atoms with Gasteiger partial charge in [0.1, 0.15) is 5.82 Å². The lowest BCUT2D eigenvalue weighted by Crippen LogP contribution is -2.30. The minimum absolute atomic E-state index is 0.103. The maximum atomic E-state index is 13.7. The van der Waals surface area contributed by atoms with E-state index in [2.05, 4.69) is 5.10 Å². The molecular formula is C28H34FN3O6. The van der Waals surface area contributed by atoms with Gasteiger partial charge in [0.25, 0.3) is 5.91 Å². The highest BCUT2D eigenvalue weighted by atomic mass is 19.1. The van der Waals surface area contributed by atoms with Gasteiger partial charge < -0.3 is 15.3 Å². The molecule has 1 aromatic heterocycles. The van der Waals surface area contributed by atoms with Gasteiger partial charge in [0.2, 0.25) is 0 Å². The van der Waals surface area contributed by atoms with Crippen molar-refractivity contribution >= 4 is 11.9 Å². The van der Waals surface area contributed by atoms with Crippen molar-refractivity contribution in [1.29, 1.82) is 0 Å². The molecule has 0 aliphatic heterocycles. The zero-order valence-electron chi connectivity index (χ0n) is 21.7. The van der Waals surface area contributed by atoms with E-state index in [4.69, 9.17) is 9.94 Å². The summed E-state index contributed by atoms with van der Waals surface area (Å²) in [6.45, 7) is 4.05. The third kappa shape index (κ3) is 7.47. The van der Waals surface area contributed by atoms with Crippen LogP contribution in [-0.4, -0.2) is 61.4 Å². The summed E-state index contributed by atoms with van der Waals surface area (Å²) in [6, 6.07) is 15.1. The number of hydrogen-bond acceptors (Lipinski definition) is 6. The number of carbonyl (C=O) groups excluding carboxylic acids is 1. The van der Waals surface area contributed by atoms with E-state index in [-0.39, 0.29) is 37.4 Å². The number of carboxylic acids is 1. The fraction of sp³-hybridized carbons (Fsp3) is 0.393. The Morgan fingerprint density at radius 2 is 1.71 bits per heavy atom. The van der Waals surface area contributed by atoms with E-state index in [1.165, 1.54) is 24.3 Å². The van der Waals surface area contributed by atoms with Gasteiger partial charge in [0.15, 0.2) is 5.69 Å². The van der Waals surface area contributed by atoms with Crippen molar-refractivity contribution in [2.24, 2.45) is 0 Å². The Kier molecular flexibility index (Phi) is 10.1. The topological polar surface area (TPSA) is 125 Å². The van der Waals surface area contributed by atoms with Crippen LogP contribution in [0.2, 0.25) is 0 Å². The molecule has 0 spiro atoms. The van der Waals surface area contributed by atoms with Crippen LogP contribution in [0.4, 0.5) is 4.39 Å². The van der Waals surface area contributed by atoms with Gasteiger partial charge in [-0.15, -0.1) is 0 Å². The Morgan fingerprint density at radius 3 is 2.29 bits per heavy atom. The molecule has 1 amide bonds. The number of aliphatic hydroxyl groups excluding tert-OH is 2. The molecular weight excluding hydrogens is 493 g/mol. The minimum atomic E-state index is -1.18. The molecule has 0 bridgehead atoms. The Bertz CT molecular complexity index is 1210. The van der Waals surface area contributed by atoms with Gasteiger partial charge in [-0.3, -0.25) is 14.4 Å². The third-order valence-electron chi connectivity index (χ3n) is 6.16. The molecule has 0 radical (unpaired) electrons. The molecule has 3 N–H and O–H groups in total. The summed E-state index contributed by atoms with van der Waals surface area (Å²) < 4.78 is 15.2. The lowest BCUT2D eigenvalue weighted by atomic mass is 9.95.